The van der Waals surface area contributed by atoms with Crippen LogP contribution in [-0.4, -0.2) is 24.5 Å². The van der Waals surface area contributed by atoms with Gasteiger partial charge in [-0.05, 0) is 60.7 Å². The van der Waals surface area contributed by atoms with E-state index in [-0.39, 0.29) is 24.2 Å². The molecule has 1 heterocycles. The minimum absolute atomic E-state index is 0.116. The molecule has 1 atom stereocenters. The summed E-state index contributed by atoms with van der Waals surface area (Å²) < 4.78 is 18.8. The average Bonchev–Trinajstić information content (AvgIpc) is 3.10. The van der Waals surface area contributed by atoms with Gasteiger partial charge in [-0.15, -0.1) is 0 Å². The molecule has 0 spiro atoms. The third-order valence-electron chi connectivity index (χ3n) is 4.69. The van der Waals surface area contributed by atoms with E-state index in [0.717, 1.165) is 5.75 Å². The van der Waals surface area contributed by atoms with Gasteiger partial charge < -0.3 is 20.3 Å². The largest absolute Gasteiger partial charge is 0.457 e. The lowest BCUT2D eigenvalue weighted by molar-refractivity contribution is -0.117. The third kappa shape index (κ3) is 4.75. The summed E-state index contributed by atoms with van der Waals surface area (Å²) in [6.45, 7) is 0.335. The Bertz CT molecular complexity index is 1020. The Labute approximate surface area is 173 Å². The van der Waals surface area contributed by atoms with Gasteiger partial charge in [0.25, 0.3) is 0 Å². The third-order valence-corrected chi connectivity index (χ3v) is 4.69. The van der Waals surface area contributed by atoms with Crippen molar-refractivity contribution in [3.8, 4) is 11.5 Å². The summed E-state index contributed by atoms with van der Waals surface area (Å²) >= 11 is 0. The Morgan fingerprint density at radius 3 is 2.30 bits per heavy atom. The predicted molar refractivity (Wildman–Crippen MR) is 112 cm³/mol. The lowest BCUT2D eigenvalue weighted by Crippen LogP contribution is -2.39. The van der Waals surface area contributed by atoms with Crippen LogP contribution in [0.2, 0.25) is 0 Å². The number of anilines is 2. The van der Waals surface area contributed by atoms with Gasteiger partial charge in [-0.1, -0.05) is 18.2 Å². The van der Waals surface area contributed by atoms with Gasteiger partial charge in [-0.25, -0.2) is 9.18 Å². The lowest BCUT2D eigenvalue weighted by Gasteiger charge is -2.17. The van der Waals surface area contributed by atoms with Crippen LogP contribution in [0.15, 0.2) is 78.9 Å². The first kappa shape index (κ1) is 19.4. The topological polar surface area (TPSA) is 70.7 Å². The van der Waals surface area contributed by atoms with Crippen LogP contribution in [0.4, 0.5) is 20.6 Å². The van der Waals surface area contributed by atoms with E-state index < -0.39 is 6.03 Å². The predicted octanol–water partition coefficient (Wildman–Crippen LogP) is 4.55. The smallest absolute Gasteiger partial charge is 0.319 e. The van der Waals surface area contributed by atoms with Gasteiger partial charge in [0.1, 0.15) is 17.3 Å². The molecule has 3 aromatic rings. The molecule has 1 unspecified atom stereocenters. The van der Waals surface area contributed by atoms with Crippen molar-refractivity contribution in [2.24, 2.45) is 0 Å². The summed E-state index contributed by atoms with van der Waals surface area (Å²) in [5.41, 5.74) is 1.22. The summed E-state index contributed by atoms with van der Waals surface area (Å²) in [5.74, 6) is 0.907. The van der Waals surface area contributed by atoms with Crippen molar-refractivity contribution in [3.63, 3.8) is 0 Å². The number of halogens is 1. The number of nitrogens with one attached hydrogen (secondary N) is 2. The summed E-state index contributed by atoms with van der Waals surface area (Å²) in [4.78, 5) is 26.1. The maximum absolute atomic E-state index is 13.1. The van der Waals surface area contributed by atoms with E-state index >= 15 is 0 Å². The molecule has 4 rings (SSSR count). The first-order chi connectivity index (χ1) is 14.6. The molecule has 1 saturated heterocycles. The second kappa shape index (κ2) is 8.65. The van der Waals surface area contributed by atoms with Crippen LogP contribution in [0.3, 0.4) is 0 Å². The van der Waals surface area contributed by atoms with Gasteiger partial charge in [0.15, 0.2) is 0 Å². The van der Waals surface area contributed by atoms with E-state index in [1.165, 1.54) is 12.1 Å². The van der Waals surface area contributed by atoms with Crippen LogP contribution in [0.25, 0.3) is 0 Å². The van der Waals surface area contributed by atoms with E-state index in [9.17, 15) is 14.0 Å². The first-order valence-electron chi connectivity index (χ1n) is 9.53. The second-order valence-electron chi connectivity index (χ2n) is 6.92. The highest BCUT2D eigenvalue weighted by Crippen LogP contribution is 2.24. The zero-order chi connectivity index (χ0) is 20.9. The van der Waals surface area contributed by atoms with Crippen molar-refractivity contribution in [1.82, 2.24) is 5.32 Å². The fraction of sp³-hybridized carbons (Fsp3) is 0.130. The Balaban J connectivity index is 1.30. The molecule has 152 valence electrons. The highest BCUT2D eigenvalue weighted by molar-refractivity contribution is 5.97. The lowest BCUT2D eigenvalue weighted by atomic mass is 10.2. The van der Waals surface area contributed by atoms with Crippen LogP contribution in [0, 0.1) is 5.82 Å². The molecule has 1 aliphatic rings. The monoisotopic (exact) mass is 405 g/mol. The van der Waals surface area contributed by atoms with Gasteiger partial charge in [-0.2, -0.15) is 0 Å². The molecule has 7 heteroatoms. The normalized spacial score (nSPS) is 15.7. The average molecular weight is 405 g/mol. The van der Waals surface area contributed by atoms with E-state index in [2.05, 4.69) is 10.6 Å². The van der Waals surface area contributed by atoms with Crippen molar-refractivity contribution < 1.29 is 18.7 Å². The van der Waals surface area contributed by atoms with Gasteiger partial charge in [0.05, 0.1) is 6.04 Å². The van der Waals surface area contributed by atoms with E-state index in [4.69, 9.17) is 4.74 Å². The Kier molecular flexibility index (Phi) is 5.61. The number of carbonyl (C=O) groups excluding carboxylic acids is 2. The maximum Gasteiger partial charge on any atom is 0.319 e. The standard InChI is InChI=1S/C23H20FN3O3/c24-16-6-10-19(11-7-16)27-15-18(14-22(27)28)26-23(29)25-17-8-12-21(13-9-17)30-20-4-2-1-3-5-20/h1-13,18H,14-15H2,(H2,25,26,29). The molecule has 3 aromatic carbocycles. The van der Waals surface area contributed by atoms with Gasteiger partial charge >= 0.3 is 6.03 Å². The summed E-state index contributed by atoms with van der Waals surface area (Å²) in [7, 11) is 0. The van der Waals surface area contributed by atoms with Crippen LogP contribution >= 0.6 is 0 Å². The zero-order valence-electron chi connectivity index (χ0n) is 16.0. The van der Waals surface area contributed by atoms with Gasteiger partial charge in [0, 0.05) is 24.3 Å². The van der Waals surface area contributed by atoms with Crippen molar-refractivity contribution in [3.05, 3.63) is 84.7 Å². The van der Waals surface area contributed by atoms with E-state index in [1.807, 2.05) is 30.3 Å². The Morgan fingerprint density at radius 2 is 1.60 bits per heavy atom. The fourth-order valence-corrected chi connectivity index (χ4v) is 3.26. The summed E-state index contributed by atoms with van der Waals surface area (Å²) in [5, 5.41) is 5.56. The van der Waals surface area contributed by atoms with Crippen LogP contribution in [0.1, 0.15) is 6.42 Å². The van der Waals surface area contributed by atoms with Crippen molar-refractivity contribution >= 4 is 23.3 Å². The number of nitrogens with zero attached hydrogens (tertiary/aromatic N) is 1. The molecule has 3 amide bonds. The molecule has 0 aliphatic carbocycles. The number of ether oxygens (including phenoxy) is 1. The first-order valence-corrected chi connectivity index (χ1v) is 9.53. The minimum Gasteiger partial charge on any atom is -0.457 e. The number of benzene rings is 3. The molecule has 0 aromatic heterocycles. The van der Waals surface area contributed by atoms with Crippen LogP contribution in [-0.2, 0) is 4.79 Å². The number of para-hydroxylation sites is 1. The molecule has 1 aliphatic heterocycles. The van der Waals surface area contributed by atoms with Crippen LogP contribution in [0.5, 0.6) is 11.5 Å². The van der Waals surface area contributed by atoms with Crippen molar-refractivity contribution in [1.29, 1.82) is 0 Å². The maximum atomic E-state index is 13.1. The SMILES string of the molecule is O=C(Nc1ccc(Oc2ccccc2)cc1)NC1CC(=O)N(c2ccc(F)cc2)C1. The van der Waals surface area contributed by atoms with E-state index in [0.29, 0.717) is 23.7 Å². The Hall–Kier alpha value is -3.87. The molecule has 0 saturated carbocycles. The number of urea groups is 1. The number of amides is 3. The molecular weight excluding hydrogens is 385 g/mol. The van der Waals surface area contributed by atoms with Gasteiger partial charge in [0.2, 0.25) is 5.91 Å². The number of carbonyl (C=O) groups is 2. The molecule has 30 heavy (non-hydrogen) atoms. The molecule has 0 radical (unpaired) electrons. The van der Waals surface area contributed by atoms with Crippen LogP contribution < -0.4 is 20.3 Å². The quantitative estimate of drug-likeness (QED) is 0.655. The molecule has 0 bridgehead atoms. The minimum atomic E-state index is -0.398. The second-order valence-corrected chi connectivity index (χ2v) is 6.92. The molecular formula is C23H20FN3O3. The highest BCUT2D eigenvalue weighted by atomic mass is 19.1. The van der Waals surface area contributed by atoms with Crippen molar-refractivity contribution in [2.75, 3.05) is 16.8 Å². The fourth-order valence-electron chi connectivity index (χ4n) is 3.26. The highest BCUT2D eigenvalue weighted by Gasteiger charge is 2.31. The van der Waals surface area contributed by atoms with Crippen molar-refractivity contribution in [2.45, 2.75) is 12.5 Å². The number of hydrogen-bond donors (Lipinski definition) is 2. The number of hydrogen-bond acceptors (Lipinski definition) is 3. The molecule has 2 N–H and O–H groups in total. The van der Waals surface area contributed by atoms with E-state index in [1.54, 1.807) is 41.3 Å². The molecule has 6 nitrogen and oxygen atoms in total. The summed E-state index contributed by atoms with van der Waals surface area (Å²) in [6, 6.07) is 21.4. The van der Waals surface area contributed by atoms with Gasteiger partial charge in [-0.3, -0.25) is 4.79 Å². The number of rotatable bonds is 5. The Morgan fingerprint density at radius 1 is 0.933 bits per heavy atom. The zero-order valence-corrected chi connectivity index (χ0v) is 16.0. The summed E-state index contributed by atoms with van der Waals surface area (Å²) in [6.07, 6.45) is 0.189. The molecule has 1 fully saturated rings.